The van der Waals surface area contributed by atoms with Crippen molar-refractivity contribution in [1.29, 1.82) is 0 Å². The zero-order valence-corrected chi connectivity index (χ0v) is 10.8. The molecule has 0 unspecified atom stereocenters. The maximum Gasteiger partial charge on any atom is 0.231 e. The Balaban J connectivity index is 1.78. The Bertz CT molecular complexity index is 670. The topological polar surface area (TPSA) is 82.3 Å². The minimum absolute atomic E-state index is 0.261. The number of anilines is 1. The molecule has 0 radical (unpaired) electrons. The van der Waals surface area contributed by atoms with Gasteiger partial charge >= 0.3 is 0 Å². The molecule has 1 aromatic heterocycles. The molecule has 6 nitrogen and oxygen atoms in total. The summed E-state index contributed by atoms with van der Waals surface area (Å²) >= 11 is 0. The molecular weight excluding hydrogens is 256 g/mol. The molecule has 20 heavy (non-hydrogen) atoms. The van der Waals surface area contributed by atoms with Crippen LogP contribution in [0.4, 0.5) is 5.82 Å². The number of fused-ring (bicyclic) bond motifs is 1. The number of nitrogens with zero attached hydrogens (tertiary/aromatic N) is 2. The molecule has 1 aromatic carbocycles. The van der Waals surface area contributed by atoms with Crippen LogP contribution in [0.25, 0.3) is 11.4 Å². The van der Waals surface area contributed by atoms with Gasteiger partial charge in [-0.05, 0) is 31.0 Å². The lowest BCUT2D eigenvalue weighted by atomic mass is 10.1. The molecule has 3 N–H and O–H groups in total. The van der Waals surface area contributed by atoms with E-state index in [1.54, 1.807) is 0 Å². The van der Waals surface area contributed by atoms with Crippen molar-refractivity contribution in [1.82, 2.24) is 9.97 Å². The smallest absolute Gasteiger partial charge is 0.231 e. The van der Waals surface area contributed by atoms with E-state index < -0.39 is 0 Å². The van der Waals surface area contributed by atoms with Gasteiger partial charge in [0.15, 0.2) is 17.3 Å². The molecule has 2 aromatic rings. The van der Waals surface area contributed by atoms with Crippen molar-refractivity contribution >= 4 is 5.82 Å². The van der Waals surface area contributed by atoms with Crippen LogP contribution >= 0.6 is 0 Å². The van der Waals surface area contributed by atoms with E-state index in [2.05, 4.69) is 15.4 Å². The Labute approximate surface area is 115 Å². The van der Waals surface area contributed by atoms with E-state index in [1.807, 2.05) is 24.3 Å². The zero-order valence-electron chi connectivity index (χ0n) is 10.8. The largest absolute Gasteiger partial charge is 0.454 e. The van der Waals surface area contributed by atoms with Gasteiger partial charge in [-0.2, -0.15) is 0 Å². The van der Waals surface area contributed by atoms with E-state index in [-0.39, 0.29) is 6.79 Å². The molecule has 1 fully saturated rings. The molecule has 6 heteroatoms. The van der Waals surface area contributed by atoms with E-state index in [0.29, 0.717) is 17.6 Å². The molecule has 2 aliphatic rings. The lowest BCUT2D eigenvalue weighted by molar-refractivity contribution is 0.174. The van der Waals surface area contributed by atoms with Crippen LogP contribution in [-0.2, 0) is 0 Å². The van der Waals surface area contributed by atoms with E-state index in [4.69, 9.17) is 15.3 Å². The normalized spacial score (nSPS) is 16.2. The first-order chi connectivity index (χ1) is 9.83. The Morgan fingerprint density at radius 3 is 2.75 bits per heavy atom. The monoisotopic (exact) mass is 270 g/mol. The maximum absolute atomic E-state index is 5.49. The zero-order chi connectivity index (χ0) is 13.5. The van der Waals surface area contributed by atoms with Crippen molar-refractivity contribution in [2.24, 2.45) is 5.84 Å². The lowest BCUT2D eigenvalue weighted by Crippen LogP contribution is -2.10. The van der Waals surface area contributed by atoms with E-state index in [1.165, 1.54) is 12.8 Å². The number of benzene rings is 1. The molecule has 2 heterocycles. The number of aromatic nitrogens is 2. The fraction of sp³-hybridized carbons (Fsp3) is 0.286. The van der Waals surface area contributed by atoms with Crippen molar-refractivity contribution in [3.63, 3.8) is 0 Å². The van der Waals surface area contributed by atoms with Gasteiger partial charge in [-0.3, -0.25) is 0 Å². The molecule has 1 aliphatic heterocycles. The summed E-state index contributed by atoms with van der Waals surface area (Å²) in [6.07, 6.45) is 2.36. The Morgan fingerprint density at radius 1 is 1.10 bits per heavy atom. The number of nitrogens with two attached hydrogens (primary N) is 1. The Kier molecular flexibility index (Phi) is 2.50. The molecule has 0 atom stereocenters. The van der Waals surface area contributed by atoms with Gasteiger partial charge in [-0.25, -0.2) is 15.8 Å². The van der Waals surface area contributed by atoms with Crippen LogP contribution in [0.15, 0.2) is 24.3 Å². The third kappa shape index (κ3) is 1.94. The summed E-state index contributed by atoms with van der Waals surface area (Å²) in [5.74, 6) is 8.80. The summed E-state index contributed by atoms with van der Waals surface area (Å²) in [5.41, 5.74) is 4.54. The third-order valence-electron chi connectivity index (χ3n) is 3.52. The molecule has 0 spiro atoms. The highest BCUT2D eigenvalue weighted by Crippen LogP contribution is 2.41. The van der Waals surface area contributed by atoms with E-state index in [9.17, 15) is 0 Å². The number of ether oxygens (including phenoxy) is 2. The van der Waals surface area contributed by atoms with Crippen LogP contribution < -0.4 is 20.7 Å². The highest BCUT2D eigenvalue weighted by atomic mass is 16.7. The van der Waals surface area contributed by atoms with Gasteiger partial charge in [0.2, 0.25) is 6.79 Å². The predicted molar refractivity (Wildman–Crippen MR) is 73.4 cm³/mol. The molecular formula is C14H14N4O2. The van der Waals surface area contributed by atoms with Gasteiger partial charge in [-0.15, -0.1) is 0 Å². The van der Waals surface area contributed by atoms with E-state index in [0.717, 1.165) is 22.8 Å². The molecule has 0 bridgehead atoms. The molecule has 0 saturated heterocycles. The minimum Gasteiger partial charge on any atom is -0.454 e. The Hall–Kier alpha value is -2.34. The van der Waals surface area contributed by atoms with Crippen molar-refractivity contribution in [2.45, 2.75) is 18.8 Å². The number of hydrogen-bond acceptors (Lipinski definition) is 6. The highest BCUT2D eigenvalue weighted by molar-refractivity contribution is 5.63. The maximum atomic E-state index is 5.49. The SMILES string of the molecule is NNc1cc(C2CC2)nc(-c2ccc3c(c2)OCO3)n1. The summed E-state index contributed by atoms with van der Waals surface area (Å²) in [5, 5.41) is 0. The number of rotatable bonds is 3. The van der Waals surface area contributed by atoms with Gasteiger partial charge in [0, 0.05) is 23.2 Å². The van der Waals surface area contributed by atoms with Gasteiger partial charge in [0.1, 0.15) is 5.82 Å². The quantitative estimate of drug-likeness (QED) is 0.656. The third-order valence-corrected chi connectivity index (χ3v) is 3.52. The molecule has 4 rings (SSSR count). The molecule has 0 amide bonds. The standard InChI is InChI=1S/C14H14N4O2/c15-18-13-6-10(8-1-2-8)16-14(17-13)9-3-4-11-12(5-9)20-7-19-11/h3-6,8H,1-2,7,15H2,(H,16,17,18). The van der Waals surface area contributed by atoms with Gasteiger partial charge in [0.25, 0.3) is 0 Å². The van der Waals surface area contributed by atoms with Crippen LogP contribution in [0.2, 0.25) is 0 Å². The summed E-state index contributed by atoms with van der Waals surface area (Å²) in [4.78, 5) is 9.05. The minimum atomic E-state index is 0.261. The first-order valence-corrected chi connectivity index (χ1v) is 6.59. The number of nitrogen functional groups attached to an aromatic ring is 1. The first-order valence-electron chi connectivity index (χ1n) is 6.59. The second kappa shape index (κ2) is 4.35. The van der Waals surface area contributed by atoms with Gasteiger partial charge in [-0.1, -0.05) is 0 Å². The summed E-state index contributed by atoms with van der Waals surface area (Å²) in [6.45, 7) is 0.261. The second-order valence-corrected chi connectivity index (χ2v) is 4.99. The molecule has 102 valence electrons. The van der Waals surface area contributed by atoms with Crippen LogP contribution in [0.1, 0.15) is 24.5 Å². The first kappa shape index (κ1) is 11.5. The number of hydrazine groups is 1. The highest BCUT2D eigenvalue weighted by Gasteiger charge is 2.26. The van der Waals surface area contributed by atoms with Crippen LogP contribution in [0.3, 0.4) is 0 Å². The number of nitrogens with one attached hydrogen (secondary N) is 1. The van der Waals surface area contributed by atoms with Crippen molar-refractivity contribution < 1.29 is 9.47 Å². The van der Waals surface area contributed by atoms with Crippen molar-refractivity contribution in [3.05, 3.63) is 30.0 Å². The van der Waals surface area contributed by atoms with E-state index >= 15 is 0 Å². The number of hydrogen-bond donors (Lipinski definition) is 2. The van der Waals surface area contributed by atoms with Crippen molar-refractivity contribution in [2.75, 3.05) is 12.2 Å². The Morgan fingerprint density at radius 2 is 1.95 bits per heavy atom. The summed E-state index contributed by atoms with van der Waals surface area (Å²) < 4.78 is 10.7. The average Bonchev–Trinajstić information content (AvgIpc) is 3.24. The van der Waals surface area contributed by atoms with Crippen LogP contribution in [-0.4, -0.2) is 16.8 Å². The second-order valence-electron chi connectivity index (χ2n) is 4.99. The van der Waals surface area contributed by atoms with Gasteiger partial charge in [0.05, 0.1) is 0 Å². The summed E-state index contributed by atoms with van der Waals surface area (Å²) in [6, 6.07) is 7.61. The summed E-state index contributed by atoms with van der Waals surface area (Å²) in [7, 11) is 0. The molecule has 1 aliphatic carbocycles. The predicted octanol–water partition coefficient (Wildman–Crippen LogP) is 2.04. The van der Waals surface area contributed by atoms with Crippen LogP contribution in [0.5, 0.6) is 11.5 Å². The van der Waals surface area contributed by atoms with Crippen LogP contribution in [0, 0.1) is 0 Å². The average molecular weight is 270 g/mol. The fourth-order valence-corrected chi connectivity index (χ4v) is 2.29. The van der Waals surface area contributed by atoms with Gasteiger partial charge < -0.3 is 14.9 Å². The fourth-order valence-electron chi connectivity index (χ4n) is 2.29. The van der Waals surface area contributed by atoms with Crippen molar-refractivity contribution in [3.8, 4) is 22.9 Å². The molecule has 1 saturated carbocycles. The lowest BCUT2D eigenvalue weighted by Gasteiger charge is -2.07.